The van der Waals surface area contributed by atoms with Crippen LogP contribution in [0.5, 0.6) is 11.6 Å². The molecular formula is C19H14ClN3O2S. The topological polar surface area (TPSA) is 78.1 Å². The molecule has 4 rings (SSSR count). The molecule has 0 saturated carbocycles. The lowest BCUT2D eigenvalue weighted by Gasteiger charge is -2.21. The molecule has 2 aromatic carbocycles. The minimum atomic E-state index is -0.396. The monoisotopic (exact) mass is 383 g/mol. The van der Waals surface area contributed by atoms with Crippen LogP contribution >= 0.6 is 23.4 Å². The fourth-order valence-corrected chi connectivity index (χ4v) is 3.60. The molecule has 1 aliphatic rings. The molecule has 0 bridgehead atoms. The van der Waals surface area contributed by atoms with E-state index in [1.54, 1.807) is 12.1 Å². The van der Waals surface area contributed by atoms with E-state index in [2.05, 4.69) is 9.97 Å². The Kier molecular flexibility index (Phi) is 4.53. The van der Waals surface area contributed by atoms with E-state index in [1.807, 2.05) is 36.4 Å². The van der Waals surface area contributed by atoms with Gasteiger partial charge in [-0.25, -0.2) is 4.98 Å². The number of nitrogens with two attached hydrogens (primary N) is 1. The summed E-state index contributed by atoms with van der Waals surface area (Å²) in [6, 6.07) is 15.1. The van der Waals surface area contributed by atoms with Gasteiger partial charge in [0.15, 0.2) is 5.82 Å². The molecule has 130 valence electrons. The van der Waals surface area contributed by atoms with Crippen LogP contribution in [0, 0.1) is 0 Å². The number of nitrogens with zero attached hydrogens (tertiary/aromatic N) is 2. The first-order valence-corrected chi connectivity index (χ1v) is 9.30. The van der Waals surface area contributed by atoms with Crippen LogP contribution in [0.1, 0.15) is 11.1 Å². The van der Waals surface area contributed by atoms with E-state index < -0.39 is 5.91 Å². The van der Waals surface area contributed by atoms with Crippen molar-refractivity contribution in [3.8, 4) is 23.0 Å². The van der Waals surface area contributed by atoms with E-state index in [0.717, 1.165) is 22.4 Å². The highest BCUT2D eigenvalue weighted by atomic mass is 35.5. The molecule has 0 spiro atoms. The Bertz CT molecular complexity index is 993. The Labute approximate surface area is 159 Å². The quantitative estimate of drug-likeness (QED) is 0.424. The molecule has 1 aromatic heterocycles. The third-order valence-electron chi connectivity index (χ3n) is 3.93. The minimum Gasteiger partial charge on any atom is -0.438 e. The Hall–Kier alpha value is -2.57. The van der Waals surface area contributed by atoms with Gasteiger partial charge in [0.25, 0.3) is 0 Å². The second kappa shape index (κ2) is 6.97. The first-order valence-electron chi connectivity index (χ1n) is 7.94. The number of ether oxygens (including phenoxy) is 1. The van der Waals surface area contributed by atoms with Crippen molar-refractivity contribution in [2.75, 3.05) is 5.75 Å². The molecule has 0 aliphatic carbocycles. The number of primary amides is 1. The van der Waals surface area contributed by atoms with Crippen molar-refractivity contribution in [2.45, 2.75) is 11.4 Å². The van der Waals surface area contributed by atoms with Gasteiger partial charge < -0.3 is 10.5 Å². The SMILES string of the molecule is NC(=O)CSc1nc(-c2ccc(Cl)cc2)nc2c1Cc1ccccc1O2. The van der Waals surface area contributed by atoms with Gasteiger partial charge in [0, 0.05) is 17.0 Å². The highest BCUT2D eigenvalue weighted by Crippen LogP contribution is 2.40. The predicted octanol–water partition coefficient (Wildman–Crippen LogP) is 4.07. The molecule has 0 saturated heterocycles. The normalized spacial score (nSPS) is 12.0. The Balaban J connectivity index is 1.80. The summed E-state index contributed by atoms with van der Waals surface area (Å²) >= 11 is 7.26. The molecule has 26 heavy (non-hydrogen) atoms. The third-order valence-corrected chi connectivity index (χ3v) is 5.22. The molecule has 0 atom stereocenters. The summed E-state index contributed by atoms with van der Waals surface area (Å²) in [6.45, 7) is 0. The Morgan fingerprint density at radius 2 is 1.92 bits per heavy atom. The second-order valence-electron chi connectivity index (χ2n) is 5.78. The molecule has 0 radical (unpaired) electrons. The number of halogens is 1. The van der Waals surface area contributed by atoms with Gasteiger partial charge in [-0.1, -0.05) is 41.6 Å². The van der Waals surface area contributed by atoms with Crippen LogP contribution in [-0.2, 0) is 11.2 Å². The van der Waals surface area contributed by atoms with Crippen molar-refractivity contribution in [1.29, 1.82) is 0 Å². The van der Waals surface area contributed by atoms with Crippen LogP contribution in [-0.4, -0.2) is 21.6 Å². The summed E-state index contributed by atoms with van der Waals surface area (Å²) in [5.41, 5.74) is 8.06. The summed E-state index contributed by atoms with van der Waals surface area (Å²) in [5, 5.41) is 1.34. The van der Waals surface area contributed by atoms with Crippen molar-refractivity contribution in [2.24, 2.45) is 5.73 Å². The van der Waals surface area contributed by atoms with Crippen molar-refractivity contribution in [3.05, 3.63) is 64.7 Å². The van der Waals surface area contributed by atoms with Crippen molar-refractivity contribution >= 4 is 29.3 Å². The fourth-order valence-electron chi connectivity index (χ4n) is 2.71. The summed E-state index contributed by atoms with van der Waals surface area (Å²) < 4.78 is 6.00. The van der Waals surface area contributed by atoms with Crippen LogP contribution in [0.3, 0.4) is 0 Å². The number of hydrogen-bond acceptors (Lipinski definition) is 5. The van der Waals surface area contributed by atoms with Gasteiger partial charge in [-0.2, -0.15) is 4.98 Å². The lowest BCUT2D eigenvalue weighted by Crippen LogP contribution is -2.14. The molecule has 0 unspecified atom stereocenters. The zero-order chi connectivity index (χ0) is 18.1. The number of carbonyl (C=O) groups is 1. The fraction of sp³-hybridized carbons (Fsp3) is 0.105. The molecular weight excluding hydrogens is 370 g/mol. The van der Waals surface area contributed by atoms with Crippen LogP contribution in [0.25, 0.3) is 11.4 Å². The van der Waals surface area contributed by atoms with Gasteiger partial charge in [0.1, 0.15) is 10.8 Å². The lowest BCUT2D eigenvalue weighted by atomic mass is 10.0. The highest BCUT2D eigenvalue weighted by Gasteiger charge is 2.24. The second-order valence-corrected chi connectivity index (χ2v) is 7.18. The molecule has 5 nitrogen and oxygen atoms in total. The summed E-state index contributed by atoms with van der Waals surface area (Å²) in [7, 11) is 0. The van der Waals surface area contributed by atoms with E-state index in [9.17, 15) is 4.79 Å². The standard InChI is InChI=1S/C19H14ClN3O2S/c20-13-7-5-11(6-8-13)17-22-18-14(19(23-17)26-10-16(21)24)9-12-3-1-2-4-15(12)25-18/h1-8H,9-10H2,(H2,21,24). The maximum Gasteiger partial charge on any atom is 0.227 e. The summed E-state index contributed by atoms with van der Waals surface area (Å²) in [6.07, 6.45) is 0.646. The molecule has 1 amide bonds. The first kappa shape index (κ1) is 16.9. The van der Waals surface area contributed by atoms with Gasteiger partial charge in [-0.05, 0) is 35.9 Å². The number of aromatic nitrogens is 2. The van der Waals surface area contributed by atoms with Gasteiger partial charge in [0.2, 0.25) is 11.8 Å². The number of carbonyl (C=O) groups excluding carboxylic acids is 1. The summed E-state index contributed by atoms with van der Waals surface area (Å²) in [5.74, 6) is 1.56. The average molecular weight is 384 g/mol. The van der Waals surface area contributed by atoms with E-state index in [4.69, 9.17) is 22.1 Å². The highest BCUT2D eigenvalue weighted by molar-refractivity contribution is 7.99. The smallest absolute Gasteiger partial charge is 0.227 e. The zero-order valence-electron chi connectivity index (χ0n) is 13.6. The molecule has 2 N–H and O–H groups in total. The first-order chi connectivity index (χ1) is 12.6. The average Bonchev–Trinajstić information content (AvgIpc) is 2.65. The Morgan fingerprint density at radius 1 is 1.15 bits per heavy atom. The number of benzene rings is 2. The minimum absolute atomic E-state index is 0.144. The van der Waals surface area contributed by atoms with Crippen LogP contribution < -0.4 is 10.5 Å². The number of para-hydroxylation sites is 1. The van der Waals surface area contributed by atoms with Crippen molar-refractivity contribution in [1.82, 2.24) is 9.97 Å². The maximum atomic E-state index is 11.2. The Morgan fingerprint density at radius 3 is 2.69 bits per heavy atom. The number of thioether (sulfide) groups is 1. The zero-order valence-corrected chi connectivity index (χ0v) is 15.2. The largest absolute Gasteiger partial charge is 0.438 e. The third kappa shape index (κ3) is 3.38. The van der Waals surface area contributed by atoms with Crippen LogP contribution in [0.15, 0.2) is 53.6 Å². The van der Waals surface area contributed by atoms with Gasteiger partial charge >= 0.3 is 0 Å². The van der Waals surface area contributed by atoms with Crippen molar-refractivity contribution in [3.63, 3.8) is 0 Å². The van der Waals surface area contributed by atoms with Gasteiger partial charge in [0.05, 0.1) is 11.3 Å². The van der Waals surface area contributed by atoms with Gasteiger partial charge in [-0.3, -0.25) is 4.79 Å². The van der Waals surface area contributed by atoms with Crippen LogP contribution in [0.4, 0.5) is 0 Å². The number of hydrogen-bond donors (Lipinski definition) is 1. The van der Waals surface area contributed by atoms with E-state index >= 15 is 0 Å². The number of amides is 1. The van der Waals surface area contributed by atoms with Crippen LogP contribution in [0.2, 0.25) is 5.02 Å². The molecule has 7 heteroatoms. The maximum absolute atomic E-state index is 11.2. The van der Waals surface area contributed by atoms with E-state index in [-0.39, 0.29) is 5.75 Å². The summed E-state index contributed by atoms with van der Waals surface area (Å²) in [4.78, 5) is 20.5. The van der Waals surface area contributed by atoms with Gasteiger partial charge in [-0.15, -0.1) is 0 Å². The predicted molar refractivity (Wildman–Crippen MR) is 102 cm³/mol. The molecule has 2 heterocycles. The van der Waals surface area contributed by atoms with E-state index in [0.29, 0.717) is 28.2 Å². The molecule has 3 aromatic rings. The number of fused-ring (bicyclic) bond motifs is 2. The van der Waals surface area contributed by atoms with E-state index in [1.165, 1.54) is 11.8 Å². The lowest BCUT2D eigenvalue weighted by molar-refractivity contribution is -0.115. The molecule has 1 aliphatic heterocycles. The number of rotatable bonds is 4. The molecule has 0 fully saturated rings. The van der Waals surface area contributed by atoms with Crippen molar-refractivity contribution < 1.29 is 9.53 Å².